The Morgan fingerprint density at radius 1 is 1.10 bits per heavy atom. The molecule has 0 radical (unpaired) electrons. The van der Waals surface area contributed by atoms with Crippen molar-refractivity contribution < 1.29 is 0 Å². The number of rotatable bonds is 7. The maximum Gasteiger partial charge on any atom is 0.0300 e. The van der Waals surface area contributed by atoms with Crippen molar-refractivity contribution in [2.24, 2.45) is 0 Å². The summed E-state index contributed by atoms with van der Waals surface area (Å²) in [5.41, 5.74) is 2.69. The van der Waals surface area contributed by atoms with Crippen molar-refractivity contribution in [1.29, 1.82) is 0 Å². The molecule has 106 valence electrons. The third-order valence-electron chi connectivity index (χ3n) is 3.28. The summed E-state index contributed by atoms with van der Waals surface area (Å²) in [6.45, 7) is 3.27. The van der Waals surface area contributed by atoms with Crippen LogP contribution in [-0.4, -0.2) is 17.6 Å². The molecular weight excluding hydrogens is 359 g/mol. The molecule has 1 N–H and O–H groups in total. The zero-order valence-electron chi connectivity index (χ0n) is 11.8. The van der Waals surface area contributed by atoms with Crippen LogP contribution < -0.4 is 5.32 Å². The first-order valence-corrected chi connectivity index (χ1v) is 8.22. The molecule has 1 aromatic heterocycles. The molecular formula is C17H21IN2. The number of hydrogen-bond donors (Lipinski definition) is 1. The normalized spacial score (nSPS) is 12.3. The van der Waals surface area contributed by atoms with Crippen molar-refractivity contribution in [2.75, 3.05) is 6.54 Å². The third kappa shape index (κ3) is 5.21. The first-order chi connectivity index (χ1) is 9.78. The van der Waals surface area contributed by atoms with Crippen LogP contribution in [0.15, 0.2) is 48.8 Å². The fraction of sp³-hybridized carbons (Fsp3) is 0.353. The maximum absolute atomic E-state index is 4.21. The molecule has 2 rings (SSSR count). The Morgan fingerprint density at radius 2 is 1.85 bits per heavy atom. The minimum atomic E-state index is 0.471. The fourth-order valence-electron chi connectivity index (χ4n) is 2.27. The van der Waals surface area contributed by atoms with Gasteiger partial charge in [0.05, 0.1) is 0 Å². The summed E-state index contributed by atoms with van der Waals surface area (Å²) in [6, 6.07) is 13.4. The van der Waals surface area contributed by atoms with Crippen molar-refractivity contribution in [2.45, 2.75) is 32.2 Å². The molecule has 1 atom stereocenters. The van der Waals surface area contributed by atoms with Gasteiger partial charge in [-0.15, -0.1) is 0 Å². The van der Waals surface area contributed by atoms with E-state index in [1.165, 1.54) is 14.7 Å². The summed E-state index contributed by atoms with van der Waals surface area (Å²) >= 11 is 2.35. The average molecular weight is 380 g/mol. The smallest absolute Gasteiger partial charge is 0.0300 e. The van der Waals surface area contributed by atoms with Gasteiger partial charge in [-0.3, -0.25) is 4.98 Å². The van der Waals surface area contributed by atoms with Crippen molar-refractivity contribution >= 4 is 22.6 Å². The lowest BCUT2D eigenvalue weighted by Crippen LogP contribution is -2.33. The Kier molecular flexibility index (Phi) is 6.47. The highest BCUT2D eigenvalue weighted by atomic mass is 127. The van der Waals surface area contributed by atoms with Crippen LogP contribution in [0.3, 0.4) is 0 Å². The standard InChI is InChI=1S/C17H21IN2/c1-2-9-20-17(12-15-4-3-10-19-13-15)11-14-5-7-16(18)8-6-14/h3-8,10,13,17,20H,2,9,11-12H2,1H3. The van der Waals surface area contributed by atoms with E-state index < -0.39 is 0 Å². The summed E-state index contributed by atoms with van der Waals surface area (Å²) in [7, 11) is 0. The number of halogens is 1. The second-order valence-corrected chi connectivity index (χ2v) is 6.29. The summed E-state index contributed by atoms with van der Waals surface area (Å²) < 4.78 is 1.29. The van der Waals surface area contributed by atoms with Gasteiger partial charge in [-0.25, -0.2) is 0 Å². The highest BCUT2D eigenvalue weighted by Crippen LogP contribution is 2.11. The minimum absolute atomic E-state index is 0.471. The SMILES string of the molecule is CCCNC(Cc1ccc(I)cc1)Cc1cccnc1. The monoisotopic (exact) mass is 380 g/mol. The number of aromatic nitrogens is 1. The minimum Gasteiger partial charge on any atom is -0.313 e. The van der Waals surface area contributed by atoms with Crippen LogP contribution in [0.1, 0.15) is 24.5 Å². The van der Waals surface area contributed by atoms with Crippen molar-refractivity contribution in [3.05, 3.63) is 63.5 Å². The zero-order valence-corrected chi connectivity index (χ0v) is 14.0. The molecule has 0 fully saturated rings. The number of nitrogens with zero attached hydrogens (tertiary/aromatic N) is 1. The molecule has 20 heavy (non-hydrogen) atoms. The number of nitrogens with one attached hydrogen (secondary N) is 1. The highest BCUT2D eigenvalue weighted by molar-refractivity contribution is 14.1. The first kappa shape index (κ1) is 15.4. The molecule has 2 nitrogen and oxygen atoms in total. The second kappa shape index (κ2) is 8.37. The molecule has 0 saturated heterocycles. The van der Waals surface area contributed by atoms with Crippen LogP contribution in [0.5, 0.6) is 0 Å². The molecule has 2 aromatic rings. The van der Waals surface area contributed by atoms with E-state index in [1.807, 2.05) is 18.5 Å². The second-order valence-electron chi connectivity index (χ2n) is 5.05. The summed E-state index contributed by atoms with van der Waals surface area (Å²) in [6.07, 6.45) is 7.05. The molecule has 0 aliphatic heterocycles. The van der Waals surface area contributed by atoms with E-state index in [-0.39, 0.29) is 0 Å². The Balaban J connectivity index is 2.01. The van der Waals surface area contributed by atoms with Gasteiger partial charge in [0, 0.05) is 22.0 Å². The van der Waals surface area contributed by atoms with Crippen molar-refractivity contribution in [3.63, 3.8) is 0 Å². The lowest BCUT2D eigenvalue weighted by molar-refractivity contribution is 0.504. The Morgan fingerprint density at radius 3 is 2.50 bits per heavy atom. The van der Waals surface area contributed by atoms with E-state index in [2.05, 4.69) is 70.1 Å². The van der Waals surface area contributed by atoms with Crippen LogP contribution in [0.2, 0.25) is 0 Å². The molecule has 0 aliphatic carbocycles. The topological polar surface area (TPSA) is 24.9 Å². The molecule has 0 aliphatic rings. The first-order valence-electron chi connectivity index (χ1n) is 7.14. The molecule has 1 heterocycles. The van der Waals surface area contributed by atoms with Crippen molar-refractivity contribution in [3.8, 4) is 0 Å². The van der Waals surface area contributed by atoms with Crippen LogP contribution in [0, 0.1) is 3.57 Å². The van der Waals surface area contributed by atoms with E-state index in [0.717, 1.165) is 25.8 Å². The highest BCUT2D eigenvalue weighted by Gasteiger charge is 2.10. The molecule has 1 aromatic carbocycles. The Hall–Kier alpha value is -0.940. The predicted octanol–water partition coefficient (Wildman–Crippen LogP) is 3.84. The van der Waals surface area contributed by atoms with Crippen LogP contribution >= 0.6 is 22.6 Å². The van der Waals surface area contributed by atoms with Crippen LogP contribution in [-0.2, 0) is 12.8 Å². The summed E-state index contributed by atoms with van der Waals surface area (Å²) in [4.78, 5) is 4.21. The molecule has 1 unspecified atom stereocenters. The zero-order chi connectivity index (χ0) is 14.2. The quantitative estimate of drug-likeness (QED) is 0.739. The third-order valence-corrected chi connectivity index (χ3v) is 4.00. The van der Waals surface area contributed by atoms with Gasteiger partial charge in [-0.05, 0) is 77.7 Å². The Bertz CT molecular complexity index is 496. The van der Waals surface area contributed by atoms with Gasteiger partial charge >= 0.3 is 0 Å². The van der Waals surface area contributed by atoms with E-state index in [1.54, 1.807) is 0 Å². The van der Waals surface area contributed by atoms with Gasteiger partial charge in [0.15, 0.2) is 0 Å². The molecule has 3 heteroatoms. The van der Waals surface area contributed by atoms with Gasteiger partial charge < -0.3 is 5.32 Å². The van der Waals surface area contributed by atoms with E-state index in [9.17, 15) is 0 Å². The number of pyridine rings is 1. The molecule has 0 bridgehead atoms. The van der Waals surface area contributed by atoms with Gasteiger partial charge in [-0.2, -0.15) is 0 Å². The molecule has 0 saturated carbocycles. The summed E-state index contributed by atoms with van der Waals surface area (Å²) in [5.74, 6) is 0. The number of benzene rings is 1. The van der Waals surface area contributed by atoms with Gasteiger partial charge in [0.25, 0.3) is 0 Å². The fourth-order valence-corrected chi connectivity index (χ4v) is 2.63. The van der Waals surface area contributed by atoms with E-state index in [4.69, 9.17) is 0 Å². The van der Waals surface area contributed by atoms with Gasteiger partial charge in [0.1, 0.15) is 0 Å². The largest absolute Gasteiger partial charge is 0.313 e. The molecule has 0 spiro atoms. The van der Waals surface area contributed by atoms with E-state index in [0.29, 0.717) is 6.04 Å². The summed E-state index contributed by atoms with van der Waals surface area (Å²) in [5, 5.41) is 3.65. The Labute approximate surface area is 135 Å². The number of hydrogen-bond acceptors (Lipinski definition) is 2. The van der Waals surface area contributed by atoms with Crippen LogP contribution in [0.25, 0.3) is 0 Å². The van der Waals surface area contributed by atoms with Gasteiger partial charge in [-0.1, -0.05) is 25.1 Å². The maximum atomic E-state index is 4.21. The predicted molar refractivity (Wildman–Crippen MR) is 92.9 cm³/mol. The van der Waals surface area contributed by atoms with Crippen molar-refractivity contribution in [1.82, 2.24) is 10.3 Å². The molecule has 0 amide bonds. The lowest BCUT2D eigenvalue weighted by Gasteiger charge is -2.18. The van der Waals surface area contributed by atoms with Crippen LogP contribution in [0.4, 0.5) is 0 Å². The lowest BCUT2D eigenvalue weighted by atomic mass is 10.00. The van der Waals surface area contributed by atoms with Gasteiger partial charge in [0.2, 0.25) is 0 Å². The van der Waals surface area contributed by atoms with E-state index >= 15 is 0 Å². The average Bonchev–Trinajstić information content (AvgIpc) is 2.48.